The predicted octanol–water partition coefficient (Wildman–Crippen LogP) is 3.95. The second kappa shape index (κ2) is 6.28. The Bertz CT molecular complexity index is 1230. The molecule has 4 rings (SSSR count). The number of rotatable bonds is 3. The first kappa shape index (κ1) is 16.8. The van der Waals surface area contributed by atoms with E-state index in [-0.39, 0.29) is 5.76 Å². The van der Waals surface area contributed by atoms with Gasteiger partial charge in [-0.3, -0.25) is 9.89 Å². The van der Waals surface area contributed by atoms with Crippen molar-refractivity contribution in [1.29, 1.82) is 0 Å². The normalized spacial score (nSPS) is 11.1. The Kier molecular flexibility index (Phi) is 3.92. The van der Waals surface area contributed by atoms with Gasteiger partial charge in [0.2, 0.25) is 0 Å². The number of nitrogens with zero attached hydrogens (tertiary/aromatic N) is 1. The molecule has 0 bridgehead atoms. The summed E-state index contributed by atoms with van der Waals surface area (Å²) >= 11 is 0. The van der Waals surface area contributed by atoms with E-state index in [1.54, 1.807) is 25.1 Å². The zero-order valence-electron chi connectivity index (χ0n) is 15.0. The van der Waals surface area contributed by atoms with Gasteiger partial charge < -0.3 is 14.2 Å². The molecule has 0 atom stereocenters. The monoisotopic (exact) mass is 363 g/mol. The third-order valence-electron chi connectivity index (χ3n) is 4.52. The molecule has 0 spiro atoms. The van der Waals surface area contributed by atoms with Crippen LogP contribution >= 0.6 is 0 Å². The number of anilines is 1. The minimum atomic E-state index is -0.549. The van der Waals surface area contributed by atoms with E-state index in [2.05, 4.69) is 15.5 Å². The number of aromatic amines is 1. The van der Waals surface area contributed by atoms with Gasteiger partial charge in [-0.2, -0.15) is 5.10 Å². The zero-order chi connectivity index (χ0) is 19.1. The van der Waals surface area contributed by atoms with Crippen molar-refractivity contribution >= 4 is 22.5 Å². The Hall–Kier alpha value is -3.61. The summed E-state index contributed by atoms with van der Waals surface area (Å²) < 4.78 is 10.9. The topological polar surface area (TPSA) is 101 Å². The first-order valence-corrected chi connectivity index (χ1v) is 8.41. The molecule has 1 aromatic carbocycles. The summed E-state index contributed by atoms with van der Waals surface area (Å²) in [6.45, 7) is 5.41. The number of nitrogens with one attached hydrogen (secondary N) is 2. The van der Waals surface area contributed by atoms with Crippen molar-refractivity contribution in [3.8, 4) is 11.5 Å². The van der Waals surface area contributed by atoms with Crippen LogP contribution in [-0.2, 0) is 0 Å². The van der Waals surface area contributed by atoms with E-state index in [4.69, 9.17) is 8.83 Å². The van der Waals surface area contributed by atoms with Crippen LogP contribution in [0.1, 0.15) is 27.4 Å². The van der Waals surface area contributed by atoms with Crippen molar-refractivity contribution in [1.82, 2.24) is 10.2 Å². The number of carbonyl (C=O) groups excluding carboxylic acids is 1. The third kappa shape index (κ3) is 2.83. The van der Waals surface area contributed by atoms with Gasteiger partial charge in [-0.1, -0.05) is 18.2 Å². The number of hydrogen-bond donors (Lipinski definition) is 2. The summed E-state index contributed by atoms with van der Waals surface area (Å²) in [6, 6.07) is 10.7. The highest BCUT2D eigenvalue weighted by atomic mass is 16.4. The van der Waals surface area contributed by atoms with Gasteiger partial charge in [-0.05, 0) is 44.4 Å². The number of aromatic nitrogens is 2. The van der Waals surface area contributed by atoms with E-state index < -0.39 is 11.5 Å². The lowest BCUT2D eigenvalue weighted by molar-refractivity contribution is 0.0991. The van der Waals surface area contributed by atoms with Crippen LogP contribution in [0.15, 0.2) is 50.0 Å². The molecule has 0 saturated carbocycles. The largest absolute Gasteiger partial charge is 0.460 e. The average molecular weight is 363 g/mol. The number of amides is 1. The van der Waals surface area contributed by atoms with Crippen LogP contribution in [0.4, 0.5) is 5.82 Å². The number of aryl methyl sites for hydroxylation is 2. The molecule has 1 amide bonds. The molecular formula is C20H17N3O4. The van der Waals surface area contributed by atoms with Gasteiger partial charge >= 0.3 is 5.63 Å². The fourth-order valence-electron chi connectivity index (χ4n) is 3.04. The van der Waals surface area contributed by atoms with E-state index in [1.165, 1.54) is 0 Å². The number of H-pyrrole nitrogens is 1. The number of hydrogen-bond acceptors (Lipinski definition) is 5. The van der Waals surface area contributed by atoms with Crippen LogP contribution in [0.5, 0.6) is 0 Å². The quantitative estimate of drug-likeness (QED) is 0.574. The van der Waals surface area contributed by atoms with Crippen LogP contribution < -0.4 is 10.9 Å². The summed E-state index contributed by atoms with van der Waals surface area (Å²) in [5.74, 6) is 1.19. The van der Waals surface area contributed by atoms with Crippen molar-refractivity contribution in [2.45, 2.75) is 20.8 Å². The highest BCUT2D eigenvalue weighted by molar-refractivity contribution is 6.05. The van der Waals surface area contributed by atoms with Gasteiger partial charge in [0.25, 0.3) is 5.91 Å². The Labute approximate surface area is 154 Å². The van der Waals surface area contributed by atoms with Crippen molar-refractivity contribution in [2.75, 3.05) is 5.32 Å². The van der Waals surface area contributed by atoms with Gasteiger partial charge in [0.15, 0.2) is 17.3 Å². The van der Waals surface area contributed by atoms with Gasteiger partial charge in [-0.25, -0.2) is 4.79 Å². The standard InChI is InChI=1S/C20H17N3O4/c1-10-8-9-15(26-10)16-12(3)18(23-22-16)21-19(24)17-11(2)13-6-4-5-7-14(13)20(25)27-17/h4-9H,1-3H3,(H2,21,22,23,24). The number of benzene rings is 1. The first-order chi connectivity index (χ1) is 13.0. The Morgan fingerprint density at radius 1 is 1.00 bits per heavy atom. The number of furan rings is 1. The average Bonchev–Trinajstić information content (AvgIpc) is 3.24. The van der Waals surface area contributed by atoms with Crippen LogP contribution in [-0.4, -0.2) is 16.1 Å². The third-order valence-corrected chi connectivity index (χ3v) is 4.52. The number of carbonyl (C=O) groups is 1. The molecule has 0 radical (unpaired) electrons. The fraction of sp³-hybridized carbons (Fsp3) is 0.150. The van der Waals surface area contributed by atoms with Crippen LogP contribution in [0.25, 0.3) is 22.2 Å². The molecular weight excluding hydrogens is 346 g/mol. The molecule has 0 saturated heterocycles. The Morgan fingerprint density at radius 2 is 1.74 bits per heavy atom. The molecule has 0 unspecified atom stereocenters. The molecule has 136 valence electrons. The molecule has 0 aliphatic rings. The van der Waals surface area contributed by atoms with Gasteiger partial charge in [0.1, 0.15) is 11.5 Å². The van der Waals surface area contributed by atoms with Crippen LogP contribution in [0.3, 0.4) is 0 Å². The molecule has 27 heavy (non-hydrogen) atoms. The van der Waals surface area contributed by atoms with Crippen LogP contribution in [0, 0.1) is 20.8 Å². The Morgan fingerprint density at radius 3 is 2.44 bits per heavy atom. The summed E-state index contributed by atoms with van der Waals surface area (Å²) in [5.41, 5.74) is 1.44. The highest BCUT2D eigenvalue weighted by Crippen LogP contribution is 2.28. The van der Waals surface area contributed by atoms with Gasteiger partial charge in [0.05, 0.1) is 5.39 Å². The maximum absolute atomic E-state index is 12.7. The maximum Gasteiger partial charge on any atom is 0.344 e. The summed E-state index contributed by atoms with van der Waals surface area (Å²) in [4.78, 5) is 24.9. The SMILES string of the molecule is Cc1ccc(-c2[nH]nc(NC(=O)c3oc(=O)c4ccccc4c3C)c2C)o1. The molecule has 7 nitrogen and oxygen atoms in total. The second-order valence-electron chi connectivity index (χ2n) is 6.33. The minimum Gasteiger partial charge on any atom is -0.460 e. The molecule has 2 N–H and O–H groups in total. The fourth-order valence-corrected chi connectivity index (χ4v) is 3.04. The van der Waals surface area contributed by atoms with E-state index >= 15 is 0 Å². The zero-order valence-corrected chi connectivity index (χ0v) is 15.0. The predicted molar refractivity (Wildman–Crippen MR) is 101 cm³/mol. The van der Waals surface area contributed by atoms with E-state index in [1.807, 2.05) is 32.0 Å². The van der Waals surface area contributed by atoms with E-state index in [0.29, 0.717) is 33.6 Å². The molecule has 0 fully saturated rings. The Balaban J connectivity index is 1.69. The molecule has 0 aliphatic carbocycles. The van der Waals surface area contributed by atoms with Gasteiger partial charge in [-0.15, -0.1) is 0 Å². The van der Waals surface area contributed by atoms with Crippen LogP contribution in [0.2, 0.25) is 0 Å². The second-order valence-corrected chi connectivity index (χ2v) is 6.33. The lowest BCUT2D eigenvalue weighted by atomic mass is 10.1. The van der Waals surface area contributed by atoms with Gasteiger partial charge in [0, 0.05) is 11.1 Å². The smallest absolute Gasteiger partial charge is 0.344 e. The minimum absolute atomic E-state index is 0.0310. The summed E-state index contributed by atoms with van der Waals surface area (Å²) in [5, 5.41) is 10.8. The first-order valence-electron chi connectivity index (χ1n) is 8.41. The molecule has 3 aromatic heterocycles. The molecule has 3 heterocycles. The summed E-state index contributed by atoms with van der Waals surface area (Å²) in [7, 11) is 0. The van der Waals surface area contributed by atoms with E-state index in [9.17, 15) is 9.59 Å². The summed E-state index contributed by atoms with van der Waals surface area (Å²) in [6.07, 6.45) is 0. The van der Waals surface area contributed by atoms with E-state index in [0.717, 1.165) is 11.3 Å². The lowest BCUT2D eigenvalue weighted by Gasteiger charge is -2.07. The van der Waals surface area contributed by atoms with Crippen molar-refractivity contribution in [3.63, 3.8) is 0 Å². The van der Waals surface area contributed by atoms with Crippen molar-refractivity contribution in [2.24, 2.45) is 0 Å². The molecule has 7 heteroatoms. The number of fused-ring (bicyclic) bond motifs is 1. The van der Waals surface area contributed by atoms with Crippen molar-refractivity contribution < 1.29 is 13.6 Å². The molecule has 4 aromatic rings. The highest BCUT2D eigenvalue weighted by Gasteiger charge is 2.20. The maximum atomic E-state index is 12.7. The van der Waals surface area contributed by atoms with Crippen molar-refractivity contribution in [3.05, 3.63) is 69.5 Å². The lowest BCUT2D eigenvalue weighted by Crippen LogP contribution is -2.17. The molecule has 0 aliphatic heterocycles.